The smallest absolute Gasteiger partial charge is 0.410 e. The van der Waals surface area contributed by atoms with Crippen LogP contribution in [-0.2, 0) is 19.1 Å². The topological polar surface area (TPSA) is 140 Å². The van der Waals surface area contributed by atoms with Crippen molar-refractivity contribution in [3.63, 3.8) is 0 Å². The Labute approximate surface area is 221 Å². The van der Waals surface area contributed by atoms with Gasteiger partial charge in [-0.3, -0.25) is 24.3 Å². The number of nitrogens with one attached hydrogen (secondary N) is 1. The maximum Gasteiger partial charge on any atom is 0.410 e. The Hall–Kier alpha value is -3.31. The largest absolute Gasteiger partial charge is 0.444 e. The van der Waals surface area contributed by atoms with Crippen molar-refractivity contribution in [1.82, 2.24) is 19.8 Å². The number of fused-ring (bicyclic) bond motifs is 1. The number of ether oxygens (including phenoxy) is 2. The van der Waals surface area contributed by atoms with Gasteiger partial charge in [-0.1, -0.05) is 12.1 Å². The van der Waals surface area contributed by atoms with Gasteiger partial charge in [-0.05, 0) is 58.6 Å². The minimum Gasteiger partial charge on any atom is -0.444 e. The SMILES string of the molecule is Cc1nc2cccc(C(O)CCOC3CCN(C(=O)OC(C)(C)C)CC3)c2c(=O)n1C1CCC(=O)NC1=O. The third kappa shape index (κ3) is 6.21. The van der Waals surface area contributed by atoms with Crippen molar-refractivity contribution in [3.05, 3.63) is 39.9 Å². The first-order chi connectivity index (χ1) is 17.9. The number of imide groups is 1. The number of nitrogens with zero attached hydrogens (tertiary/aromatic N) is 3. The van der Waals surface area contributed by atoms with Crippen LogP contribution in [-0.4, -0.2) is 68.9 Å². The molecule has 0 saturated carbocycles. The second-order valence-corrected chi connectivity index (χ2v) is 10.9. The Morgan fingerprint density at radius 1 is 1.18 bits per heavy atom. The van der Waals surface area contributed by atoms with Crippen LogP contribution in [0.5, 0.6) is 0 Å². The highest BCUT2D eigenvalue weighted by Crippen LogP contribution is 2.26. The second-order valence-electron chi connectivity index (χ2n) is 10.9. The lowest BCUT2D eigenvalue weighted by molar-refractivity contribution is -0.135. The number of benzene rings is 1. The predicted molar refractivity (Wildman–Crippen MR) is 139 cm³/mol. The van der Waals surface area contributed by atoms with E-state index in [-0.39, 0.29) is 49.4 Å². The Morgan fingerprint density at radius 2 is 1.89 bits per heavy atom. The van der Waals surface area contributed by atoms with Crippen molar-refractivity contribution in [2.45, 2.75) is 83.6 Å². The van der Waals surface area contributed by atoms with Crippen molar-refractivity contribution in [2.75, 3.05) is 19.7 Å². The van der Waals surface area contributed by atoms with Gasteiger partial charge in [0.15, 0.2) is 0 Å². The maximum absolute atomic E-state index is 13.6. The monoisotopic (exact) mass is 528 g/mol. The van der Waals surface area contributed by atoms with Gasteiger partial charge in [0.25, 0.3) is 5.56 Å². The number of piperidine rings is 2. The lowest BCUT2D eigenvalue weighted by atomic mass is 10.0. The van der Waals surface area contributed by atoms with E-state index < -0.39 is 29.2 Å². The summed E-state index contributed by atoms with van der Waals surface area (Å²) in [5, 5.41) is 13.5. The molecule has 2 N–H and O–H groups in total. The predicted octanol–water partition coefficient (Wildman–Crippen LogP) is 2.52. The van der Waals surface area contributed by atoms with E-state index >= 15 is 0 Å². The molecule has 2 saturated heterocycles. The number of aliphatic hydroxyl groups is 1. The molecule has 0 radical (unpaired) electrons. The van der Waals surface area contributed by atoms with Crippen LogP contribution in [0.25, 0.3) is 10.9 Å². The van der Waals surface area contributed by atoms with Crippen LogP contribution in [0.4, 0.5) is 4.79 Å². The molecule has 3 heterocycles. The van der Waals surface area contributed by atoms with Gasteiger partial charge >= 0.3 is 6.09 Å². The molecule has 0 spiro atoms. The summed E-state index contributed by atoms with van der Waals surface area (Å²) >= 11 is 0. The standard InChI is InChI=1S/C27H36N4O7/c1-16-28-19-7-5-6-18(23(19)25(35)31(16)20-8-9-22(33)29-24(20)34)21(32)12-15-37-17-10-13-30(14-11-17)26(36)38-27(2,3)4/h5-7,17,20-21,32H,8-15H2,1-4H3,(H,29,33,34). The van der Waals surface area contributed by atoms with E-state index in [2.05, 4.69) is 10.3 Å². The Morgan fingerprint density at radius 3 is 2.55 bits per heavy atom. The van der Waals surface area contributed by atoms with Gasteiger partial charge in [0, 0.05) is 32.5 Å². The number of hydrogen-bond donors (Lipinski definition) is 2. The van der Waals surface area contributed by atoms with Crippen LogP contribution in [0.15, 0.2) is 23.0 Å². The molecule has 4 rings (SSSR count). The molecular formula is C27H36N4O7. The summed E-state index contributed by atoms with van der Waals surface area (Å²) in [7, 11) is 0. The molecule has 0 bridgehead atoms. The highest BCUT2D eigenvalue weighted by molar-refractivity contribution is 5.99. The van der Waals surface area contributed by atoms with E-state index in [0.29, 0.717) is 42.8 Å². The van der Waals surface area contributed by atoms with Gasteiger partial charge in [0.05, 0.1) is 23.1 Å². The molecule has 1 aromatic carbocycles. The summed E-state index contributed by atoms with van der Waals surface area (Å²) in [6, 6.07) is 4.27. The number of carbonyl (C=O) groups excluding carboxylic acids is 3. The van der Waals surface area contributed by atoms with Gasteiger partial charge in [-0.2, -0.15) is 0 Å². The third-order valence-corrected chi connectivity index (χ3v) is 6.86. The summed E-state index contributed by atoms with van der Waals surface area (Å²) in [5.74, 6) is -0.529. The third-order valence-electron chi connectivity index (χ3n) is 6.86. The Bertz CT molecular complexity index is 1270. The Balaban J connectivity index is 1.41. The Kier molecular flexibility index (Phi) is 8.17. The lowest BCUT2D eigenvalue weighted by Gasteiger charge is -2.33. The molecule has 0 aliphatic carbocycles. The van der Waals surface area contributed by atoms with Crippen LogP contribution in [0.1, 0.15) is 76.4 Å². The quantitative estimate of drug-likeness (QED) is 0.545. The molecule has 2 fully saturated rings. The number of hydrogen-bond acceptors (Lipinski definition) is 8. The van der Waals surface area contributed by atoms with E-state index in [4.69, 9.17) is 9.47 Å². The zero-order valence-electron chi connectivity index (χ0n) is 22.4. The average Bonchev–Trinajstić information content (AvgIpc) is 2.84. The normalized spacial score (nSPS) is 19.9. The summed E-state index contributed by atoms with van der Waals surface area (Å²) in [4.78, 5) is 56.1. The summed E-state index contributed by atoms with van der Waals surface area (Å²) in [6.07, 6.45) is 0.608. The number of rotatable bonds is 6. The zero-order chi connectivity index (χ0) is 27.6. The van der Waals surface area contributed by atoms with Crippen molar-refractivity contribution in [2.24, 2.45) is 0 Å². The molecule has 3 amide bonds. The van der Waals surface area contributed by atoms with Crippen molar-refractivity contribution in [3.8, 4) is 0 Å². The van der Waals surface area contributed by atoms with Crippen molar-refractivity contribution in [1.29, 1.82) is 0 Å². The molecule has 1 aromatic heterocycles. The van der Waals surface area contributed by atoms with E-state index in [1.807, 2.05) is 20.8 Å². The van der Waals surface area contributed by atoms with E-state index in [1.165, 1.54) is 4.57 Å². The van der Waals surface area contributed by atoms with Crippen LogP contribution in [0.3, 0.4) is 0 Å². The van der Waals surface area contributed by atoms with Crippen LogP contribution >= 0.6 is 0 Å². The van der Waals surface area contributed by atoms with E-state index in [9.17, 15) is 24.3 Å². The summed E-state index contributed by atoms with van der Waals surface area (Å²) in [6.45, 7) is 8.51. The first-order valence-electron chi connectivity index (χ1n) is 13.1. The fourth-order valence-corrected chi connectivity index (χ4v) is 4.99. The molecule has 11 nitrogen and oxygen atoms in total. The molecule has 38 heavy (non-hydrogen) atoms. The maximum atomic E-state index is 13.6. The van der Waals surface area contributed by atoms with E-state index in [0.717, 1.165) is 0 Å². The average molecular weight is 529 g/mol. The molecule has 2 atom stereocenters. The number of carbonyl (C=O) groups is 3. The first-order valence-corrected chi connectivity index (χ1v) is 13.1. The molecule has 2 aliphatic heterocycles. The number of likely N-dealkylation sites (tertiary alicyclic amines) is 1. The van der Waals surface area contributed by atoms with Gasteiger partial charge in [0.2, 0.25) is 11.8 Å². The fraction of sp³-hybridized carbons (Fsp3) is 0.593. The summed E-state index contributed by atoms with van der Waals surface area (Å²) < 4.78 is 12.7. The van der Waals surface area contributed by atoms with Gasteiger partial charge in [0.1, 0.15) is 17.5 Å². The molecule has 2 unspecified atom stereocenters. The zero-order valence-corrected chi connectivity index (χ0v) is 22.4. The van der Waals surface area contributed by atoms with Gasteiger partial charge in [-0.25, -0.2) is 9.78 Å². The lowest BCUT2D eigenvalue weighted by Crippen LogP contribution is -2.45. The highest BCUT2D eigenvalue weighted by atomic mass is 16.6. The molecule has 11 heteroatoms. The number of aromatic nitrogens is 2. The molecule has 206 valence electrons. The first kappa shape index (κ1) is 27.7. The van der Waals surface area contributed by atoms with Gasteiger partial charge in [-0.15, -0.1) is 0 Å². The molecular weight excluding hydrogens is 492 g/mol. The minimum absolute atomic E-state index is 0.0394. The molecule has 2 aliphatic rings. The van der Waals surface area contributed by atoms with Gasteiger partial charge < -0.3 is 19.5 Å². The highest BCUT2D eigenvalue weighted by Gasteiger charge is 2.31. The molecule has 2 aromatic rings. The summed E-state index contributed by atoms with van der Waals surface area (Å²) in [5.41, 5.74) is -0.110. The van der Waals surface area contributed by atoms with Crippen LogP contribution in [0, 0.1) is 6.92 Å². The fourth-order valence-electron chi connectivity index (χ4n) is 4.99. The number of aliphatic hydroxyl groups excluding tert-OH is 1. The van der Waals surface area contributed by atoms with Crippen LogP contribution in [0.2, 0.25) is 0 Å². The second kappa shape index (κ2) is 11.2. The van der Waals surface area contributed by atoms with E-state index in [1.54, 1.807) is 30.0 Å². The number of amides is 3. The van der Waals surface area contributed by atoms with Crippen LogP contribution < -0.4 is 10.9 Å². The number of aryl methyl sites for hydroxylation is 1. The minimum atomic E-state index is -0.979. The van der Waals surface area contributed by atoms with Crippen molar-refractivity contribution >= 4 is 28.8 Å². The van der Waals surface area contributed by atoms with Crippen molar-refractivity contribution < 1.29 is 29.0 Å².